The van der Waals surface area contributed by atoms with Gasteiger partial charge in [0.1, 0.15) is 10.5 Å². The van der Waals surface area contributed by atoms with Crippen LogP contribution in [-0.4, -0.2) is 19.9 Å². The van der Waals surface area contributed by atoms with E-state index in [1.165, 1.54) is 17.6 Å². The number of sulfonamides is 1. The molecule has 0 radical (unpaired) electrons. The van der Waals surface area contributed by atoms with Gasteiger partial charge in [0.15, 0.2) is 0 Å². The van der Waals surface area contributed by atoms with Gasteiger partial charge in [0, 0.05) is 4.88 Å². The van der Waals surface area contributed by atoms with Gasteiger partial charge in [0.05, 0.1) is 5.69 Å². The molecule has 8 heteroatoms. The number of oxazole rings is 1. The largest absolute Gasteiger partial charge is 0.431 e. The smallest absolute Gasteiger partial charge is 0.309 e. The third-order valence-electron chi connectivity index (χ3n) is 2.13. The van der Waals surface area contributed by atoms with E-state index in [4.69, 9.17) is 10.2 Å². The van der Waals surface area contributed by atoms with Gasteiger partial charge in [-0.2, -0.15) is 4.98 Å². The minimum Gasteiger partial charge on any atom is -0.431 e. The molecule has 18 heavy (non-hydrogen) atoms. The summed E-state index contributed by atoms with van der Waals surface area (Å²) >= 11 is 1.19. The highest BCUT2D eigenvalue weighted by atomic mass is 32.2. The van der Waals surface area contributed by atoms with Gasteiger partial charge in [-0.05, 0) is 32.0 Å². The maximum Gasteiger partial charge on any atom is 0.309 e. The summed E-state index contributed by atoms with van der Waals surface area (Å²) in [7, 11) is -3.63. The van der Waals surface area contributed by atoms with Crippen LogP contribution in [0.2, 0.25) is 0 Å². The van der Waals surface area contributed by atoms with Crippen molar-refractivity contribution < 1.29 is 12.8 Å². The summed E-state index contributed by atoms with van der Waals surface area (Å²) in [6.45, 7) is 2.21. The molecule has 0 unspecified atom stereocenters. The topological polar surface area (TPSA) is 98.2 Å². The number of aromatic nitrogens is 1. The Morgan fingerprint density at radius 1 is 1.50 bits per heavy atom. The van der Waals surface area contributed by atoms with Gasteiger partial charge in [-0.15, -0.1) is 11.3 Å². The zero-order chi connectivity index (χ0) is 13.2. The van der Waals surface area contributed by atoms with Crippen LogP contribution in [0.25, 0.3) is 0 Å². The zero-order valence-corrected chi connectivity index (χ0v) is 11.3. The van der Waals surface area contributed by atoms with Crippen LogP contribution in [0.5, 0.6) is 0 Å². The number of nitrogens with one attached hydrogen (secondary N) is 1. The van der Waals surface area contributed by atoms with Crippen molar-refractivity contribution >= 4 is 27.4 Å². The van der Waals surface area contributed by atoms with Crippen LogP contribution >= 0.6 is 11.3 Å². The highest BCUT2D eigenvalue weighted by molar-refractivity contribution is 7.94. The average molecular weight is 287 g/mol. The van der Waals surface area contributed by atoms with Crippen molar-refractivity contribution in [1.29, 1.82) is 0 Å². The Morgan fingerprint density at radius 2 is 2.28 bits per heavy atom. The lowest BCUT2D eigenvalue weighted by Crippen LogP contribution is -2.11. The van der Waals surface area contributed by atoms with E-state index in [0.717, 1.165) is 4.88 Å². The molecule has 2 heterocycles. The fourth-order valence-corrected chi connectivity index (χ4v) is 3.65. The molecule has 0 atom stereocenters. The lowest BCUT2D eigenvalue weighted by Gasteiger charge is -2.00. The van der Waals surface area contributed by atoms with Gasteiger partial charge in [-0.3, -0.25) is 0 Å². The first-order chi connectivity index (χ1) is 8.51. The van der Waals surface area contributed by atoms with E-state index in [9.17, 15) is 8.42 Å². The van der Waals surface area contributed by atoms with Crippen LogP contribution in [0.1, 0.15) is 10.6 Å². The van der Waals surface area contributed by atoms with Crippen molar-refractivity contribution in [3.8, 4) is 0 Å². The normalized spacial score (nSPS) is 11.7. The molecule has 0 aliphatic heterocycles. The molecule has 2 rings (SSSR count). The van der Waals surface area contributed by atoms with Crippen LogP contribution < -0.4 is 10.5 Å². The molecular formula is C10H13N3O3S2. The molecule has 6 nitrogen and oxygen atoms in total. The minimum atomic E-state index is -3.63. The third kappa shape index (κ3) is 2.89. The molecule has 0 aliphatic rings. The summed E-state index contributed by atoms with van der Waals surface area (Å²) in [5.41, 5.74) is 6.04. The maximum absolute atomic E-state index is 12.0. The van der Waals surface area contributed by atoms with Gasteiger partial charge >= 0.3 is 6.01 Å². The molecule has 0 fully saturated rings. The Labute approximate surface area is 109 Å². The Kier molecular flexibility index (Phi) is 3.69. The number of nitrogens with zero attached hydrogens (tertiary/aromatic N) is 1. The Hall–Kier alpha value is -1.38. The molecule has 0 spiro atoms. The van der Waals surface area contributed by atoms with E-state index in [2.05, 4.69) is 9.71 Å². The van der Waals surface area contributed by atoms with Crippen molar-refractivity contribution in [2.45, 2.75) is 17.6 Å². The lowest BCUT2D eigenvalue weighted by molar-refractivity contribution is 0.570. The van der Waals surface area contributed by atoms with Crippen LogP contribution in [-0.2, 0) is 16.4 Å². The quantitative estimate of drug-likeness (QED) is 0.865. The third-order valence-corrected chi connectivity index (χ3v) is 5.09. The van der Waals surface area contributed by atoms with Gasteiger partial charge < -0.3 is 10.2 Å². The number of nitrogens with two attached hydrogens (primary N) is 1. The monoisotopic (exact) mass is 287 g/mol. The van der Waals surface area contributed by atoms with Crippen LogP contribution in [0, 0.1) is 6.92 Å². The summed E-state index contributed by atoms with van der Waals surface area (Å²) < 4.78 is 31.5. The van der Waals surface area contributed by atoms with Gasteiger partial charge in [-0.25, -0.2) is 13.1 Å². The fourth-order valence-electron chi connectivity index (χ4n) is 1.35. The molecule has 2 aromatic heterocycles. The summed E-state index contributed by atoms with van der Waals surface area (Å²) in [6, 6.07) is 3.28. The van der Waals surface area contributed by atoms with Gasteiger partial charge in [0.2, 0.25) is 0 Å². The van der Waals surface area contributed by atoms with Crippen molar-refractivity contribution in [1.82, 2.24) is 4.98 Å². The van der Waals surface area contributed by atoms with Gasteiger partial charge in [-0.1, -0.05) is 0 Å². The number of rotatable bonds is 5. The fraction of sp³-hybridized carbons (Fsp3) is 0.300. The average Bonchev–Trinajstić information content (AvgIpc) is 2.88. The predicted molar refractivity (Wildman–Crippen MR) is 69.1 cm³/mol. The summed E-state index contributed by atoms with van der Waals surface area (Å²) in [4.78, 5) is 4.82. The number of hydrogen-bond donors (Lipinski definition) is 2. The van der Waals surface area contributed by atoms with Crippen LogP contribution in [0.15, 0.2) is 27.0 Å². The van der Waals surface area contributed by atoms with Crippen LogP contribution in [0.4, 0.5) is 6.01 Å². The second kappa shape index (κ2) is 5.09. The zero-order valence-electron chi connectivity index (χ0n) is 9.71. The van der Waals surface area contributed by atoms with E-state index in [0.29, 0.717) is 18.7 Å². The van der Waals surface area contributed by atoms with Crippen molar-refractivity contribution in [3.05, 3.63) is 29.0 Å². The number of hydrogen-bond acceptors (Lipinski definition) is 6. The second-order valence-corrected chi connectivity index (χ2v) is 6.74. The Morgan fingerprint density at radius 3 is 2.89 bits per heavy atom. The van der Waals surface area contributed by atoms with Crippen molar-refractivity contribution in [3.63, 3.8) is 0 Å². The second-order valence-electron chi connectivity index (χ2n) is 3.66. The Balaban J connectivity index is 2.19. The van der Waals surface area contributed by atoms with E-state index >= 15 is 0 Å². The standard InChI is InChI=1S/C10H13N3O3S2/c1-7-6-16-10(12-7)13-18(14,15)9-3-2-8(17-9)4-5-11/h2-3,6H,4-5,11H2,1H3,(H,12,13). The van der Waals surface area contributed by atoms with Crippen LogP contribution in [0.3, 0.4) is 0 Å². The highest BCUT2D eigenvalue weighted by Gasteiger charge is 2.19. The summed E-state index contributed by atoms with van der Waals surface area (Å²) in [5, 5.41) is 0. The highest BCUT2D eigenvalue weighted by Crippen LogP contribution is 2.24. The molecule has 0 saturated carbocycles. The molecule has 0 bridgehead atoms. The summed E-state index contributed by atoms with van der Waals surface area (Å²) in [5.74, 6) is 0. The molecule has 3 N–H and O–H groups in total. The van der Waals surface area contributed by atoms with E-state index in [-0.39, 0.29) is 10.2 Å². The lowest BCUT2D eigenvalue weighted by atomic mass is 10.3. The molecular weight excluding hydrogens is 274 g/mol. The predicted octanol–water partition coefficient (Wildman–Crippen LogP) is 1.35. The van der Waals surface area contributed by atoms with E-state index < -0.39 is 10.0 Å². The first-order valence-electron chi connectivity index (χ1n) is 5.25. The molecule has 0 aromatic carbocycles. The van der Waals surface area contributed by atoms with E-state index in [1.807, 2.05) is 0 Å². The number of aryl methyl sites for hydroxylation is 1. The number of anilines is 1. The molecule has 0 aliphatic carbocycles. The van der Waals surface area contributed by atoms with Crippen molar-refractivity contribution in [2.75, 3.05) is 11.3 Å². The first kappa shape index (κ1) is 13.1. The molecule has 0 amide bonds. The SMILES string of the molecule is Cc1coc(NS(=O)(=O)c2ccc(CCN)s2)n1. The summed E-state index contributed by atoms with van der Waals surface area (Å²) in [6.07, 6.45) is 2.05. The van der Waals surface area contributed by atoms with Crippen molar-refractivity contribution in [2.24, 2.45) is 5.73 Å². The number of thiophene rings is 1. The molecule has 0 saturated heterocycles. The minimum absolute atomic E-state index is 0.0266. The van der Waals surface area contributed by atoms with Gasteiger partial charge in [0.25, 0.3) is 10.0 Å². The maximum atomic E-state index is 12.0. The Bertz CT molecular complexity index is 630. The first-order valence-corrected chi connectivity index (χ1v) is 7.55. The van der Waals surface area contributed by atoms with E-state index in [1.54, 1.807) is 19.1 Å². The molecule has 2 aromatic rings. The molecule has 98 valence electrons.